The van der Waals surface area contributed by atoms with Crippen LogP contribution in [0.15, 0.2) is 10.4 Å². The van der Waals surface area contributed by atoms with E-state index < -0.39 is 0 Å². The standard InChI is InChI=1S/C21H35N7S/c1-7-22-20(23-11-10-18-25-16(13-29-18)21(4,5)6)24-15-8-9-17-26-19(14(2)3)27-28(17)12-15/h13-15H,7-12H2,1-6H3,(H2,22,23,24). The Hall–Kier alpha value is -1.96. The predicted molar refractivity (Wildman–Crippen MR) is 120 cm³/mol. The van der Waals surface area contributed by atoms with Gasteiger partial charge >= 0.3 is 0 Å². The molecule has 0 aliphatic carbocycles. The van der Waals surface area contributed by atoms with Crippen LogP contribution >= 0.6 is 11.3 Å². The summed E-state index contributed by atoms with van der Waals surface area (Å²) < 4.78 is 2.06. The molecule has 3 heterocycles. The van der Waals surface area contributed by atoms with Gasteiger partial charge in [0, 0.05) is 48.7 Å². The molecule has 1 atom stereocenters. The van der Waals surface area contributed by atoms with Crippen LogP contribution in [0.25, 0.3) is 0 Å². The molecule has 7 nitrogen and oxygen atoms in total. The lowest BCUT2D eigenvalue weighted by Crippen LogP contribution is -2.47. The molecule has 8 heteroatoms. The van der Waals surface area contributed by atoms with Crippen molar-refractivity contribution in [1.29, 1.82) is 0 Å². The number of aromatic nitrogens is 4. The van der Waals surface area contributed by atoms with E-state index in [1.54, 1.807) is 11.3 Å². The molecule has 0 bridgehead atoms. The Morgan fingerprint density at radius 1 is 1.34 bits per heavy atom. The molecule has 2 N–H and O–H groups in total. The van der Waals surface area contributed by atoms with E-state index >= 15 is 0 Å². The van der Waals surface area contributed by atoms with E-state index in [-0.39, 0.29) is 5.41 Å². The molecule has 1 unspecified atom stereocenters. The van der Waals surface area contributed by atoms with E-state index in [1.807, 2.05) is 0 Å². The van der Waals surface area contributed by atoms with Crippen LogP contribution in [0.3, 0.4) is 0 Å². The average molecular weight is 418 g/mol. The number of rotatable bonds is 6. The van der Waals surface area contributed by atoms with Gasteiger partial charge in [-0.25, -0.2) is 14.6 Å². The first kappa shape index (κ1) is 21.7. The van der Waals surface area contributed by atoms with Crippen molar-refractivity contribution >= 4 is 17.3 Å². The molecule has 29 heavy (non-hydrogen) atoms. The van der Waals surface area contributed by atoms with E-state index in [1.165, 1.54) is 0 Å². The maximum atomic E-state index is 4.78. The molecule has 0 amide bonds. The molecule has 2 aromatic heterocycles. The molecule has 1 aliphatic heterocycles. The van der Waals surface area contributed by atoms with Gasteiger partial charge in [-0.15, -0.1) is 11.3 Å². The first-order chi connectivity index (χ1) is 13.8. The summed E-state index contributed by atoms with van der Waals surface area (Å²) in [5, 5.41) is 15.0. The first-order valence-electron chi connectivity index (χ1n) is 10.7. The van der Waals surface area contributed by atoms with E-state index in [0.29, 0.717) is 12.0 Å². The van der Waals surface area contributed by atoms with Crippen LogP contribution < -0.4 is 10.6 Å². The zero-order chi connectivity index (χ0) is 21.0. The molecule has 0 saturated carbocycles. The molecule has 160 valence electrons. The highest BCUT2D eigenvalue weighted by atomic mass is 32.1. The number of hydrogen-bond acceptors (Lipinski definition) is 5. The third-order valence-corrected chi connectivity index (χ3v) is 5.90. The van der Waals surface area contributed by atoms with Crippen molar-refractivity contribution in [2.45, 2.75) is 84.7 Å². The Balaban J connectivity index is 1.57. The van der Waals surface area contributed by atoms with Gasteiger partial charge in [0.15, 0.2) is 11.8 Å². The zero-order valence-electron chi connectivity index (χ0n) is 18.6. The molecule has 2 aromatic rings. The minimum atomic E-state index is 0.102. The summed E-state index contributed by atoms with van der Waals surface area (Å²) in [7, 11) is 0. The monoisotopic (exact) mass is 417 g/mol. The van der Waals surface area contributed by atoms with E-state index in [2.05, 4.69) is 72.3 Å². The number of guanidine groups is 1. The molecule has 0 saturated heterocycles. The SMILES string of the molecule is CCNC(=NCCc1nc(C(C)(C)C)cs1)NC1CCc2nc(C(C)C)nn2C1. The van der Waals surface area contributed by atoms with Crippen molar-refractivity contribution in [2.24, 2.45) is 4.99 Å². The topological polar surface area (TPSA) is 80.0 Å². The Morgan fingerprint density at radius 3 is 2.79 bits per heavy atom. The molecule has 1 aliphatic rings. The molecule has 3 rings (SSSR count). The van der Waals surface area contributed by atoms with Crippen molar-refractivity contribution in [2.75, 3.05) is 13.1 Å². The average Bonchev–Trinajstić information content (AvgIpc) is 3.28. The van der Waals surface area contributed by atoms with Crippen molar-refractivity contribution < 1.29 is 0 Å². The van der Waals surface area contributed by atoms with Crippen molar-refractivity contribution in [1.82, 2.24) is 30.4 Å². The molecular formula is C21H35N7S. The molecular weight excluding hydrogens is 382 g/mol. The number of fused-ring (bicyclic) bond motifs is 1. The first-order valence-corrected chi connectivity index (χ1v) is 11.6. The maximum Gasteiger partial charge on any atom is 0.191 e. The number of thiazole rings is 1. The summed E-state index contributed by atoms with van der Waals surface area (Å²) >= 11 is 1.73. The Bertz CT molecular complexity index is 828. The maximum absolute atomic E-state index is 4.78. The number of aliphatic imine (C=N–C) groups is 1. The Kier molecular flexibility index (Phi) is 6.93. The van der Waals surface area contributed by atoms with Crippen molar-refractivity contribution in [3.63, 3.8) is 0 Å². The fourth-order valence-corrected chi connectivity index (χ4v) is 4.25. The molecule has 0 fully saturated rings. The van der Waals surface area contributed by atoms with E-state index in [9.17, 15) is 0 Å². The summed E-state index contributed by atoms with van der Waals surface area (Å²) in [6.45, 7) is 15.4. The van der Waals surface area contributed by atoms with Crippen LogP contribution in [0.5, 0.6) is 0 Å². The van der Waals surface area contributed by atoms with Gasteiger partial charge in [0.05, 0.1) is 17.2 Å². The number of aryl methyl sites for hydroxylation is 1. The Labute approximate surface area is 178 Å². The van der Waals surface area contributed by atoms with Gasteiger partial charge < -0.3 is 10.6 Å². The summed E-state index contributed by atoms with van der Waals surface area (Å²) in [5.74, 6) is 3.28. The van der Waals surface area contributed by atoms with Gasteiger partial charge in [0.1, 0.15) is 5.82 Å². The molecule has 0 aromatic carbocycles. The van der Waals surface area contributed by atoms with Gasteiger partial charge in [-0.2, -0.15) is 5.10 Å². The second-order valence-corrected chi connectivity index (χ2v) is 9.93. The summed E-state index contributed by atoms with van der Waals surface area (Å²) in [6, 6.07) is 0.314. The predicted octanol–water partition coefficient (Wildman–Crippen LogP) is 3.27. The molecule has 0 radical (unpaired) electrons. The van der Waals surface area contributed by atoms with Crippen LogP contribution in [0, 0.1) is 0 Å². The second-order valence-electron chi connectivity index (χ2n) is 8.99. The normalized spacial score (nSPS) is 17.5. The smallest absolute Gasteiger partial charge is 0.191 e. The Morgan fingerprint density at radius 2 is 2.14 bits per heavy atom. The fourth-order valence-electron chi connectivity index (χ4n) is 3.24. The largest absolute Gasteiger partial charge is 0.357 e. The van der Waals surface area contributed by atoms with Gasteiger partial charge in [-0.1, -0.05) is 34.6 Å². The highest BCUT2D eigenvalue weighted by Gasteiger charge is 2.23. The van der Waals surface area contributed by atoms with E-state index in [4.69, 9.17) is 9.98 Å². The quantitative estimate of drug-likeness (QED) is 0.557. The summed E-state index contributed by atoms with van der Waals surface area (Å²) in [5.41, 5.74) is 1.27. The molecule has 0 spiro atoms. The van der Waals surface area contributed by atoms with Crippen molar-refractivity contribution in [3.05, 3.63) is 27.7 Å². The number of hydrogen-bond donors (Lipinski definition) is 2. The van der Waals surface area contributed by atoms with Gasteiger partial charge in [-0.3, -0.25) is 4.99 Å². The lowest BCUT2D eigenvalue weighted by Gasteiger charge is -2.25. The second kappa shape index (κ2) is 9.24. The van der Waals surface area contributed by atoms with Crippen LogP contribution in [-0.2, 0) is 24.8 Å². The number of nitrogens with zero attached hydrogens (tertiary/aromatic N) is 5. The third kappa shape index (κ3) is 5.78. The van der Waals surface area contributed by atoms with Crippen LogP contribution in [0.1, 0.15) is 76.2 Å². The highest BCUT2D eigenvalue weighted by Crippen LogP contribution is 2.24. The third-order valence-electron chi connectivity index (χ3n) is 4.99. The minimum absolute atomic E-state index is 0.102. The summed E-state index contributed by atoms with van der Waals surface area (Å²) in [6.07, 6.45) is 2.86. The lowest BCUT2D eigenvalue weighted by atomic mass is 9.93. The highest BCUT2D eigenvalue weighted by molar-refractivity contribution is 7.09. The van der Waals surface area contributed by atoms with E-state index in [0.717, 1.165) is 67.2 Å². The fraction of sp³-hybridized carbons (Fsp3) is 0.714. The van der Waals surface area contributed by atoms with Gasteiger partial charge in [0.2, 0.25) is 0 Å². The minimum Gasteiger partial charge on any atom is -0.357 e. The number of nitrogens with one attached hydrogen (secondary N) is 2. The van der Waals surface area contributed by atoms with Crippen LogP contribution in [0.4, 0.5) is 0 Å². The lowest BCUT2D eigenvalue weighted by molar-refractivity contribution is 0.391. The van der Waals surface area contributed by atoms with Crippen molar-refractivity contribution in [3.8, 4) is 0 Å². The van der Waals surface area contributed by atoms with Gasteiger partial charge in [0.25, 0.3) is 0 Å². The zero-order valence-corrected chi connectivity index (χ0v) is 19.4. The van der Waals surface area contributed by atoms with Crippen LogP contribution in [0.2, 0.25) is 0 Å². The van der Waals surface area contributed by atoms with Gasteiger partial charge in [-0.05, 0) is 13.3 Å². The summed E-state index contributed by atoms with van der Waals surface area (Å²) in [4.78, 5) is 14.2. The van der Waals surface area contributed by atoms with Crippen LogP contribution in [-0.4, -0.2) is 44.8 Å².